The van der Waals surface area contributed by atoms with Crippen LogP contribution in [0, 0.1) is 17.0 Å². The number of aliphatic hydroxyl groups is 2. The Balaban J connectivity index is 3.30. The van der Waals surface area contributed by atoms with Crippen molar-refractivity contribution < 1.29 is 15.1 Å². The average molecular weight is 198 g/mol. The Bertz CT molecular complexity index is 365. The van der Waals surface area contributed by atoms with E-state index in [1.165, 1.54) is 13.0 Å². The van der Waals surface area contributed by atoms with Gasteiger partial charge in [0.05, 0.1) is 23.8 Å². The van der Waals surface area contributed by atoms with Crippen molar-refractivity contribution in [3.8, 4) is 0 Å². The van der Waals surface area contributed by atoms with Crippen molar-refractivity contribution in [2.45, 2.75) is 20.1 Å². The van der Waals surface area contributed by atoms with E-state index in [9.17, 15) is 10.1 Å². The first-order chi connectivity index (χ1) is 6.60. The summed E-state index contributed by atoms with van der Waals surface area (Å²) in [5.41, 5.74) is 0.642. The van der Waals surface area contributed by atoms with Crippen molar-refractivity contribution in [2.75, 3.05) is 0 Å². The van der Waals surface area contributed by atoms with E-state index >= 15 is 0 Å². The van der Waals surface area contributed by atoms with Gasteiger partial charge in [-0.15, -0.1) is 0 Å². The molecule has 1 heterocycles. The number of hydrogen-bond acceptors (Lipinski definition) is 5. The summed E-state index contributed by atoms with van der Waals surface area (Å²) in [6.45, 7) is 0.775. The highest BCUT2D eigenvalue weighted by molar-refractivity contribution is 5.40. The van der Waals surface area contributed by atoms with Gasteiger partial charge in [0.1, 0.15) is 5.69 Å². The van der Waals surface area contributed by atoms with Gasteiger partial charge in [-0.2, -0.15) is 0 Å². The molecule has 0 spiro atoms. The summed E-state index contributed by atoms with van der Waals surface area (Å²) in [6.07, 6.45) is 0. The number of rotatable bonds is 3. The van der Waals surface area contributed by atoms with E-state index in [2.05, 4.69) is 4.98 Å². The molecule has 6 heteroatoms. The number of pyridine rings is 1. The molecule has 2 N–H and O–H groups in total. The second-order valence-corrected chi connectivity index (χ2v) is 2.77. The fraction of sp³-hybridized carbons (Fsp3) is 0.375. The maximum absolute atomic E-state index is 10.5. The van der Waals surface area contributed by atoms with Crippen LogP contribution in [0.2, 0.25) is 0 Å². The van der Waals surface area contributed by atoms with Crippen LogP contribution in [0.5, 0.6) is 0 Å². The van der Waals surface area contributed by atoms with E-state index in [1.54, 1.807) is 0 Å². The Morgan fingerprint density at radius 2 is 2.14 bits per heavy atom. The minimum absolute atomic E-state index is 0.147. The topological polar surface area (TPSA) is 96.5 Å². The van der Waals surface area contributed by atoms with Gasteiger partial charge >= 0.3 is 0 Å². The first kappa shape index (κ1) is 10.6. The lowest BCUT2D eigenvalue weighted by Gasteiger charge is -2.05. The summed E-state index contributed by atoms with van der Waals surface area (Å²) in [5.74, 6) is 0. The number of nitrogens with zero attached hydrogens (tertiary/aromatic N) is 2. The number of aromatic nitrogens is 1. The summed E-state index contributed by atoms with van der Waals surface area (Å²) < 4.78 is 0. The Labute approximate surface area is 80.0 Å². The Morgan fingerprint density at radius 1 is 1.50 bits per heavy atom. The van der Waals surface area contributed by atoms with Gasteiger partial charge in [0, 0.05) is 11.6 Å². The molecule has 1 aromatic rings. The third-order valence-corrected chi connectivity index (χ3v) is 1.87. The standard InChI is InChI=1S/C8H10N2O4/c1-5-8(10(13)14)2-6(3-11)7(4-12)9-5/h2,11-12H,3-4H2,1H3. The molecule has 0 bridgehead atoms. The van der Waals surface area contributed by atoms with Crippen LogP contribution in [0.1, 0.15) is 17.0 Å². The zero-order valence-electron chi connectivity index (χ0n) is 7.60. The molecule has 0 saturated carbocycles. The molecule has 1 aromatic heterocycles. The van der Waals surface area contributed by atoms with Crippen molar-refractivity contribution in [3.05, 3.63) is 33.1 Å². The lowest BCUT2D eigenvalue weighted by atomic mass is 10.1. The van der Waals surface area contributed by atoms with Crippen LogP contribution < -0.4 is 0 Å². The largest absolute Gasteiger partial charge is 0.392 e. The van der Waals surface area contributed by atoms with Crippen LogP contribution in [0.25, 0.3) is 0 Å². The van der Waals surface area contributed by atoms with Gasteiger partial charge in [0.2, 0.25) is 0 Å². The first-order valence-corrected chi connectivity index (χ1v) is 3.95. The summed E-state index contributed by atoms with van der Waals surface area (Å²) in [6, 6.07) is 1.23. The predicted molar refractivity (Wildman–Crippen MR) is 47.5 cm³/mol. The van der Waals surface area contributed by atoms with Gasteiger partial charge in [-0.3, -0.25) is 10.1 Å². The van der Waals surface area contributed by atoms with Gasteiger partial charge < -0.3 is 10.2 Å². The third-order valence-electron chi connectivity index (χ3n) is 1.87. The van der Waals surface area contributed by atoms with Gasteiger partial charge in [0.25, 0.3) is 5.69 Å². The maximum Gasteiger partial charge on any atom is 0.290 e. The molecule has 0 radical (unpaired) electrons. The number of nitro groups is 1. The highest BCUT2D eigenvalue weighted by atomic mass is 16.6. The fourth-order valence-electron chi connectivity index (χ4n) is 1.14. The Kier molecular flexibility index (Phi) is 3.10. The van der Waals surface area contributed by atoms with Crippen LogP contribution in [0.3, 0.4) is 0 Å². The summed E-state index contributed by atoms with van der Waals surface area (Å²) in [5, 5.41) is 28.2. The molecule has 0 aliphatic heterocycles. The van der Waals surface area contributed by atoms with Crippen LogP contribution in [-0.2, 0) is 13.2 Å². The molecule has 6 nitrogen and oxygen atoms in total. The minimum atomic E-state index is -0.567. The fourth-order valence-corrected chi connectivity index (χ4v) is 1.14. The molecule has 0 aliphatic rings. The number of aryl methyl sites for hydroxylation is 1. The Hall–Kier alpha value is -1.53. The monoisotopic (exact) mass is 198 g/mol. The molecule has 0 atom stereocenters. The van der Waals surface area contributed by atoms with Gasteiger partial charge in [-0.05, 0) is 6.92 Å². The van der Waals surface area contributed by atoms with E-state index in [1.807, 2.05) is 0 Å². The second-order valence-electron chi connectivity index (χ2n) is 2.77. The zero-order valence-corrected chi connectivity index (χ0v) is 7.60. The highest BCUT2D eigenvalue weighted by Crippen LogP contribution is 2.19. The normalized spacial score (nSPS) is 10.2. The van der Waals surface area contributed by atoms with Gasteiger partial charge in [-0.1, -0.05) is 0 Å². The second kappa shape index (κ2) is 4.12. The van der Waals surface area contributed by atoms with Crippen molar-refractivity contribution in [1.82, 2.24) is 4.98 Å². The molecule has 0 amide bonds. The summed E-state index contributed by atoms with van der Waals surface area (Å²) in [7, 11) is 0. The summed E-state index contributed by atoms with van der Waals surface area (Å²) in [4.78, 5) is 13.8. The maximum atomic E-state index is 10.5. The minimum Gasteiger partial charge on any atom is -0.392 e. The van der Waals surface area contributed by atoms with Crippen LogP contribution in [0.4, 0.5) is 5.69 Å². The van der Waals surface area contributed by atoms with Crippen LogP contribution in [-0.4, -0.2) is 20.1 Å². The molecule has 1 rings (SSSR count). The third kappa shape index (κ3) is 1.86. The van der Waals surface area contributed by atoms with E-state index in [4.69, 9.17) is 10.2 Å². The predicted octanol–water partition coefficient (Wildman–Crippen LogP) is 0.283. The molecule has 0 aliphatic carbocycles. The van der Waals surface area contributed by atoms with Crippen LogP contribution >= 0.6 is 0 Å². The first-order valence-electron chi connectivity index (χ1n) is 3.95. The molecular weight excluding hydrogens is 188 g/mol. The SMILES string of the molecule is Cc1nc(CO)c(CO)cc1[N+](=O)[O-]. The molecule has 0 unspecified atom stereocenters. The number of aliphatic hydroxyl groups excluding tert-OH is 2. The van der Waals surface area contributed by atoms with Gasteiger partial charge in [0.15, 0.2) is 0 Å². The lowest BCUT2D eigenvalue weighted by molar-refractivity contribution is -0.385. The Morgan fingerprint density at radius 3 is 2.57 bits per heavy atom. The smallest absolute Gasteiger partial charge is 0.290 e. The number of hydrogen-bond donors (Lipinski definition) is 2. The van der Waals surface area contributed by atoms with Crippen molar-refractivity contribution in [2.24, 2.45) is 0 Å². The lowest BCUT2D eigenvalue weighted by Crippen LogP contribution is -2.03. The quantitative estimate of drug-likeness (QED) is 0.537. The van der Waals surface area contributed by atoms with Crippen molar-refractivity contribution in [1.29, 1.82) is 0 Å². The summed E-state index contributed by atoms with van der Waals surface area (Å²) >= 11 is 0. The molecule has 0 fully saturated rings. The highest BCUT2D eigenvalue weighted by Gasteiger charge is 2.15. The molecule has 14 heavy (non-hydrogen) atoms. The van der Waals surface area contributed by atoms with Crippen LogP contribution in [0.15, 0.2) is 6.07 Å². The van der Waals surface area contributed by atoms with E-state index < -0.39 is 4.92 Å². The molecular formula is C8H10N2O4. The van der Waals surface area contributed by atoms with E-state index in [0.29, 0.717) is 0 Å². The van der Waals surface area contributed by atoms with Crippen molar-refractivity contribution in [3.63, 3.8) is 0 Å². The van der Waals surface area contributed by atoms with E-state index in [0.717, 1.165) is 0 Å². The van der Waals surface area contributed by atoms with Gasteiger partial charge in [-0.25, -0.2) is 4.98 Å². The molecule has 0 aromatic carbocycles. The molecule has 76 valence electrons. The zero-order chi connectivity index (χ0) is 10.7. The average Bonchev–Trinajstić information content (AvgIpc) is 2.16. The van der Waals surface area contributed by atoms with Crippen molar-refractivity contribution >= 4 is 5.69 Å². The molecule has 0 saturated heterocycles. The van der Waals surface area contributed by atoms with E-state index in [-0.39, 0.29) is 35.9 Å².